The fraction of sp³-hybridized carbons (Fsp3) is 0. The third-order valence-electron chi connectivity index (χ3n) is 2.17. The van der Waals surface area contributed by atoms with Crippen LogP contribution in [0.5, 0.6) is 5.88 Å². The number of rotatable bonds is 1. The van der Waals surface area contributed by atoms with Crippen molar-refractivity contribution in [2.45, 2.75) is 0 Å². The van der Waals surface area contributed by atoms with Crippen LogP contribution in [0.4, 0.5) is 22.0 Å². The van der Waals surface area contributed by atoms with Gasteiger partial charge in [-0.1, -0.05) is 0 Å². The molecule has 1 aromatic heterocycles. The molecule has 0 atom stereocenters. The highest BCUT2D eigenvalue weighted by molar-refractivity contribution is 7.71. The van der Waals surface area contributed by atoms with Gasteiger partial charge in [0, 0.05) is 0 Å². The number of aromatic nitrogens is 2. The molecule has 0 radical (unpaired) electrons. The number of benzene rings is 1. The van der Waals surface area contributed by atoms with E-state index in [1.807, 2.05) is 0 Å². The molecule has 18 heavy (non-hydrogen) atoms. The molecule has 0 amide bonds. The van der Waals surface area contributed by atoms with Gasteiger partial charge in [0.25, 0.3) is 0 Å². The zero-order valence-electron chi connectivity index (χ0n) is 8.25. The fourth-order valence-corrected chi connectivity index (χ4v) is 1.58. The molecule has 0 aliphatic rings. The van der Waals surface area contributed by atoms with Crippen LogP contribution in [0.2, 0.25) is 0 Å². The lowest BCUT2D eigenvalue weighted by Crippen LogP contribution is -2.04. The molecule has 1 heterocycles. The lowest BCUT2D eigenvalue weighted by atomic mass is 10.1. The first kappa shape index (κ1) is 12.6. The molecule has 0 saturated carbocycles. The minimum Gasteiger partial charge on any atom is -0.493 e. The molecule has 0 unspecified atom stereocenters. The van der Waals surface area contributed by atoms with Gasteiger partial charge in [0.05, 0.1) is 5.56 Å². The Morgan fingerprint density at radius 2 is 1.22 bits per heavy atom. The van der Waals surface area contributed by atoms with Gasteiger partial charge in [-0.2, -0.15) is 0 Å². The number of nitrogens with one attached hydrogen (secondary N) is 2. The van der Waals surface area contributed by atoms with E-state index in [0.29, 0.717) is 0 Å². The van der Waals surface area contributed by atoms with Gasteiger partial charge in [-0.25, -0.2) is 22.0 Å². The number of aromatic hydroxyl groups is 1. The van der Waals surface area contributed by atoms with Gasteiger partial charge in [0.15, 0.2) is 28.0 Å². The fourth-order valence-electron chi connectivity index (χ4n) is 1.38. The Labute approximate surface area is 101 Å². The van der Waals surface area contributed by atoms with E-state index in [0.717, 1.165) is 0 Å². The summed E-state index contributed by atoms with van der Waals surface area (Å²) in [6.45, 7) is 0. The van der Waals surface area contributed by atoms with Crippen molar-refractivity contribution in [3.63, 3.8) is 0 Å². The zero-order chi connectivity index (χ0) is 13.6. The lowest BCUT2D eigenvalue weighted by Gasteiger charge is -2.06. The molecule has 0 bridgehead atoms. The third kappa shape index (κ3) is 1.67. The first-order chi connectivity index (χ1) is 8.34. The largest absolute Gasteiger partial charge is 0.493 e. The van der Waals surface area contributed by atoms with Crippen LogP contribution in [0.1, 0.15) is 0 Å². The topological polar surface area (TPSA) is 51.8 Å². The van der Waals surface area contributed by atoms with E-state index in [1.54, 1.807) is 0 Å². The molecule has 1 aromatic carbocycles. The summed E-state index contributed by atoms with van der Waals surface area (Å²) in [5.74, 6) is -11.4. The minimum atomic E-state index is -2.28. The first-order valence-corrected chi connectivity index (χ1v) is 4.78. The highest BCUT2D eigenvalue weighted by atomic mass is 32.1. The summed E-state index contributed by atoms with van der Waals surface area (Å²) in [6, 6.07) is 0. The summed E-state index contributed by atoms with van der Waals surface area (Å²) >= 11 is 4.52. The molecule has 0 aliphatic heterocycles. The highest BCUT2D eigenvalue weighted by Crippen LogP contribution is 2.34. The maximum absolute atomic E-state index is 13.4. The van der Waals surface area contributed by atoms with Crippen molar-refractivity contribution in [3.05, 3.63) is 33.9 Å². The molecular formula is C9H3F5N2OS. The van der Waals surface area contributed by atoms with Crippen LogP contribution in [0, 0.1) is 33.9 Å². The van der Waals surface area contributed by atoms with Crippen LogP contribution in [0.25, 0.3) is 11.3 Å². The van der Waals surface area contributed by atoms with E-state index in [1.165, 1.54) is 0 Å². The lowest BCUT2D eigenvalue weighted by molar-refractivity contribution is 0.380. The average molecular weight is 282 g/mol. The summed E-state index contributed by atoms with van der Waals surface area (Å²) in [7, 11) is 0. The summed E-state index contributed by atoms with van der Waals surface area (Å²) in [5.41, 5.74) is -2.00. The summed E-state index contributed by atoms with van der Waals surface area (Å²) < 4.78 is 65.2. The van der Waals surface area contributed by atoms with E-state index in [9.17, 15) is 27.1 Å². The van der Waals surface area contributed by atoms with Gasteiger partial charge in [0.2, 0.25) is 11.7 Å². The maximum Gasteiger partial charge on any atom is 0.215 e. The van der Waals surface area contributed by atoms with E-state index >= 15 is 0 Å². The van der Waals surface area contributed by atoms with Gasteiger partial charge in [-0.05, 0) is 12.2 Å². The Morgan fingerprint density at radius 3 is 1.61 bits per heavy atom. The van der Waals surface area contributed by atoms with Crippen LogP contribution in [0.3, 0.4) is 0 Å². The number of imidazole rings is 1. The second-order valence-electron chi connectivity index (χ2n) is 3.25. The molecule has 0 spiro atoms. The molecule has 0 aliphatic carbocycles. The van der Waals surface area contributed by atoms with Crippen LogP contribution in [0.15, 0.2) is 0 Å². The van der Waals surface area contributed by atoms with Gasteiger partial charge in [0.1, 0.15) is 5.69 Å². The molecule has 96 valence electrons. The van der Waals surface area contributed by atoms with Crippen LogP contribution < -0.4 is 0 Å². The van der Waals surface area contributed by atoms with E-state index in [4.69, 9.17) is 0 Å². The van der Waals surface area contributed by atoms with Gasteiger partial charge in [-0.15, -0.1) is 0 Å². The number of hydrogen-bond acceptors (Lipinski definition) is 2. The molecule has 3 nitrogen and oxygen atoms in total. The van der Waals surface area contributed by atoms with Crippen molar-refractivity contribution in [2.24, 2.45) is 0 Å². The summed E-state index contributed by atoms with van der Waals surface area (Å²) in [5, 5.41) is 9.26. The second kappa shape index (κ2) is 4.09. The van der Waals surface area contributed by atoms with E-state index < -0.39 is 46.2 Å². The Bertz CT molecular complexity index is 664. The number of halogens is 5. The number of hydrogen-bond donors (Lipinski definition) is 3. The van der Waals surface area contributed by atoms with Crippen molar-refractivity contribution in [1.82, 2.24) is 9.97 Å². The smallest absolute Gasteiger partial charge is 0.215 e. The quantitative estimate of drug-likeness (QED) is 0.326. The Kier molecular flexibility index (Phi) is 2.85. The maximum atomic E-state index is 13.4. The molecule has 2 aromatic rings. The monoisotopic (exact) mass is 282 g/mol. The molecular weight excluding hydrogens is 279 g/mol. The van der Waals surface area contributed by atoms with Gasteiger partial charge >= 0.3 is 0 Å². The Hall–Kier alpha value is -1.90. The zero-order valence-corrected chi connectivity index (χ0v) is 9.06. The predicted molar refractivity (Wildman–Crippen MR) is 52.9 cm³/mol. The summed E-state index contributed by atoms with van der Waals surface area (Å²) in [4.78, 5) is 4.15. The Balaban J connectivity index is 2.88. The standard InChI is InChI=1S/C9H3F5N2OS/c10-2-1(7-8(17)16-9(18)15-7)3(11)5(13)6(14)4(2)12/h17H,(H2,15,16,18). The average Bonchev–Trinajstić information content (AvgIpc) is 2.64. The molecule has 2 rings (SSSR count). The normalized spacial score (nSPS) is 10.9. The molecule has 0 fully saturated rings. The van der Waals surface area contributed by atoms with Gasteiger partial charge < -0.3 is 15.1 Å². The van der Waals surface area contributed by atoms with Crippen LogP contribution >= 0.6 is 12.2 Å². The van der Waals surface area contributed by atoms with Crippen molar-refractivity contribution >= 4 is 12.2 Å². The van der Waals surface area contributed by atoms with Gasteiger partial charge in [-0.3, -0.25) is 0 Å². The Morgan fingerprint density at radius 1 is 0.778 bits per heavy atom. The van der Waals surface area contributed by atoms with Crippen LogP contribution in [-0.2, 0) is 0 Å². The molecule has 3 N–H and O–H groups in total. The number of aromatic amines is 2. The van der Waals surface area contributed by atoms with Crippen molar-refractivity contribution in [3.8, 4) is 17.1 Å². The SMILES string of the molecule is Oc1[nH]c(=S)[nH]c1-c1c(F)c(F)c(F)c(F)c1F. The third-order valence-corrected chi connectivity index (χ3v) is 2.37. The predicted octanol–water partition coefficient (Wildman–Crippen LogP) is 3.14. The second-order valence-corrected chi connectivity index (χ2v) is 3.66. The molecule has 0 saturated heterocycles. The minimum absolute atomic E-state index is 0.230. The summed E-state index contributed by atoms with van der Waals surface area (Å²) in [6.07, 6.45) is 0. The van der Waals surface area contributed by atoms with Crippen molar-refractivity contribution in [1.29, 1.82) is 0 Å². The number of H-pyrrole nitrogens is 2. The molecule has 9 heteroatoms. The van der Waals surface area contributed by atoms with Crippen molar-refractivity contribution in [2.75, 3.05) is 0 Å². The first-order valence-electron chi connectivity index (χ1n) is 4.37. The highest BCUT2D eigenvalue weighted by Gasteiger charge is 2.28. The van der Waals surface area contributed by atoms with E-state index in [2.05, 4.69) is 22.2 Å². The van der Waals surface area contributed by atoms with Crippen LogP contribution in [-0.4, -0.2) is 15.1 Å². The van der Waals surface area contributed by atoms with E-state index in [-0.39, 0.29) is 4.77 Å². The van der Waals surface area contributed by atoms with Crippen molar-refractivity contribution < 1.29 is 27.1 Å².